The summed E-state index contributed by atoms with van der Waals surface area (Å²) in [7, 11) is 5.80. The predicted octanol–water partition coefficient (Wildman–Crippen LogP) is 6.30. The standard InChI is InChI=1S/C31H34BBrN2O6/c1-30(2)31(3,4)41-32(40-30)23-16-27(38-7)26(37-6)15-21(23)29-22(18-34-35(29)19-12-10-9-11-13-19)20-14-25(36-5)28(39-8)17-24(20)33/h9-18H,1-8H3. The molecule has 2 heterocycles. The van der Waals surface area contributed by atoms with Crippen molar-refractivity contribution in [2.75, 3.05) is 28.4 Å². The number of rotatable bonds is 8. The first kappa shape index (κ1) is 29.0. The Hall–Kier alpha value is -3.47. The zero-order chi connectivity index (χ0) is 29.5. The summed E-state index contributed by atoms with van der Waals surface area (Å²) in [4.78, 5) is 0. The van der Waals surface area contributed by atoms with E-state index in [2.05, 4.69) is 15.9 Å². The van der Waals surface area contributed by atoms with E-state index in [-0.39, 0.29) is 0 Å². The molecule has 4 aromatic rings. The van der Waals surface area contributed by atoms with Gasteiger partial charge in [0.15, 0.2) is 23.0 Å². The quantitative estimate of drug-likeness (QED) is 0.214. The number of hydrogen-bond donors (Lipinski definition) is 0. The third-order valence-electron chi connectivity index (χ3n) is 7.85. The summed E-state index contributed by atoms with van der Waals surface area (Å²) in [6, 6.07) is 17.7. The summed E-state index contributed by atoms with van der Waals surface area (Å²) in [5.41, 5.74) is 3.94. The van der Waals surface area contributed by atoms with Crippen LogP contribution < -0.4 is 24.4 Å². The molecule has 5 rings (SSSR count). The Morgan fingerprint density at radius 1 is 0.707 bits per heavy atom. The maximum atomic E-state index is 6.55. The molecule has 0 atom stereocenters. The number of methoxy groups -OCH3 is 4. The second-order valence-electron chi connectivity index (χ2n) is 10.7. The van der Waals surface area contributed by atoms with Crippen LogP contribution >= 0.6 is 15.9 Å². The number of hydrogen-bond acceptors (Lipinski definition) is 7. The molecule has 0 aliphatic carbocycles. The normalized spacial score (nSPS) is 15.6. The van der Waals surface area contributed by atoms with Crippen LogP contribution in [0.3, 0.4) is 0 Å². The van der Waals surface area contributed by atoms with E-state index in [9.17, 15) is 0 Å². The average Bonchev–Trinajstić information content (AvgIpc) is 3.49. The molecule has 3 aromatic carbocycles. The molecular weight excluding hydrogens is 587 g/mol. The van der Waals surface area contributed by atoms with E-state index >= 15 is 0 Å². The van der Waals surface area contributed by atoms with E-state index in [4.69, 9.17) is 33.4 Å². The summed E-state index contributed by atoms with van der Waals surface area (Å²) in [6.45, 7) is 8.14. The lowest BCUT2D eigenvalue weighted by molar-refractivity contribution is 0.00578. The van der Waals surface area contributed by atoms with Crippen LogP contribution in [0.1, 0.15) is 27.7 Å². The number of aromatic nitrogens is 2. The predicted molar refractivity (Wildman–Crippen MR) is 164 cm³/mol. The van der Waals surface area contributed by atoms with E-state index in [1.807, 2.05) is 93.2 Å². The fraction of sp³-hybridized carbons (Fsp3) is 0.323. The van der Waals surface area contributed by atoms with Crippen molar-refractivity contribution < 1.29 is 28.3 Å². The van der Waals surface area contributed by atoms with Crippen molar-refractivity contribution >= 4 is 28.5 Å². The summed E-state index contributed by atoms with van der Waals surface area (Å²) < 4.78 is 38.5. The van der Waals surface area contributed by atoms with Crippen LogP contribution in [-0.2, 0) is 9.31 Å². The molecule has 10 heteroatoms. The first-order valence-electron chi connectivity index (χ1n) is 13.2. The number of nitrogens with zero attached hydrogens (tertiary/aromatic N) is 2. The molecule has 0 saturated carbocycles. The molecule has 214 valence electrons. The van der Waals surface area contributed by atoms with Gasteiger partial charge in [0.1, 0.15) is 0 Å². The van der Waals surface area contributed by atoms with Gasteiger partial charge in [-0.2, -0.15) is 5.10 Å². The molecule has 0 unspecified atom stereocenters. The minimum Gasteiger partial charge on any atom is -0.493 e. The van der Waals surface area contributed by atoms with Gasteiger partial charge in [-0.05, 0) is 69.6 Å². The summed E-state index contributed by atoms with van der Waals surface area (Å²) in [5.74, 6) is 2.35. The van der Waals surface area contributed by atoms with Crippen molar-refractivity contribution in [1.29, 1.82) is 0 Å². The lowest BCUT2D eigenvalue weighted by Gasteiger charge is -2.32. The molecule has 1 fully saturated rings. The zero-order valence-electron chi connectivity index (χ0n) is 24.6. The van der Waals surface area contributed by atoms with Gasteiger partial charge in [0.2, 0.25) is 0 Å². The van der Waals surface area contributed by atoms with Crippen LogP contribution in [0.2, 0.25) is 0 Å². The first-order chi connectivity index (χ1) is 19.5. The minimum absolute atomic E-state index is 0.545. The smallest absolute Gasteiger partial charge is 0.493 e. The van der Waals surface area contributed by atoms with Crippen LogP contribution in [0, 0.1) is 0 Å². The fourth-order valence-electron chi connectivity index (χ4n) is 4.90. The monoisotopic (exact) mass is 620 g/mol. The van der Waals surface area contributed by atoms with E-state index in [1.54, 1.807) is 28.4 Å². The molecule has 41 heavy (non-hydrogen) atoms. The molecule has 8 nitrogen and oxygen atoms in total. The van der Waals surface area contributed by atoms with Crippen LogP contribution in [-0.4, -0.2) is 56.5 Å². The molecule has 0 amide bonds. The molecule has 0 spiro atoms. The first-order valence-corrected chi connectivity index (χ1v) is 14.0. The SMILES string of the molecule is COc1cc(Br)c(-c2cnn(-c3ccccc3)c2-c2cc(OC)c(OC)cc2B2OC(C)(C)C(C)(C)O2)cc1OC. The third kappa shape index (κ3) is 5.09. The second-order valence-corrected chi connectivity index (χ2v) is 11.6. The Morgan fingerprint density at radius 3 is 1.78 bits per heavy atom. The Morgan fingerprint density at radius 2 is 1.22 bits per heavy atom. The van der Waals surface area contributed by atoms with Gasteiger partial charge < -0.3 is 28.3 Å². The van der Waals surface area contributed by atoms with E-state index in [1.165, 1.54) is 0 Å². The lowest BCUT2D eigenvalue weighted by atomic mass is 9.74. The van der Waals surface area contributed by atoms with Gasteiger partial charge in [-0.3, -0.25) is 0 Å². The second kappa shape index (κ2) is 11.1. The largest absolute Gasteiger partial charge is 0.495 e. The van der Waals surface area contributed by atoms with Crippen LogP contribution in [0.25, 0.3) is 28.1 Å². The number of ether oxygens (including phenoxy) is 4. The van der Waals surface area contributed by atoms with Crippen LogP contribution in [0.5, 0.6) is 23.0 Å². The highest BCUT2D eigenvalue weighted by Crippen LogP contribution is 2.45. The average molecular weight is 621 g/mol. The molecule has 1 aliphatic heterocycles. The van der Waals surface area contributed by atoms with Gasteiger partial charge in [0, 0.05) is 21.2 Å². The molecular formula is C31H34BBrN2O6. The Labute approximate surface area is 249 Å². The number of benzene rings is 3. The summed E-state index contributed by atoms with van der Waals surface area (Å²) in [6.07, 6.45) is 1.85. The maximum Gasteiger partial charge on any atom is 0.495 e. The van der Waals surface area contributed by atoms with Gasteiger partial charge in [-0.25, -0.2) is 4.68 Å². The highest BCUT2D eigenvalue weighted by atomic mass is 79.9. The molecule has 1 aromatic heterocycles. The highest BCUT2D eigenvalue weighted by molar-refractivity contribution is 9.10. The van der Waals surface area contributed by atoms with Crippen molar-refractivity contribution in [3.05, 3.63) is 65.3 Å². The van der Waals surface area contributed by atoms with Crippen LogP contribution in [0.15, 0.2) is 65.3 Å². The van der Waals surface area contributed by atoms with Crippen molar-refractivity contribution in [3.63, 3.8) is 0 Å². The minimum atomic E-state index is -0.671. The van der Waals surface area contributed by atoms with Crippen molar-refractivity contribution in [2.24, 2.45) is 0 Å². The van der Waals surface area contributed by atoms with Crippen LogP contribution in [0.4, 0.5) is 0 Å². The van der Waals surface area contributed by atoms with E-state index in [0.717, 1.165) is 38.0 Å². The third-order valence-corrected chi connectivity index (χ3v) is 8.51. The van der Waals surface area contributed by atoms with Crippen molar-refractivity contribution in [2.45, 2.75) is 38.9 Å². The molecule has 1 aliphatic rings. The Balaban J connectivity index is 1.84. The molecule has 1 saturated heterocycles. The van der Waals surface area contributed by atoms with Gasteiger partial charge >= 0.3 is 7.12 Å². The Bertz CT molecular complexity index is 1550. The van der Waals surface area contributed by atoms with Gasteiger partial charge in [0.25, 0.3) is 0 Å². The van der Waals surface area contributed by atoms with Gasteiger partial charge in [0.05, 0.1) is 57.2 Å². The van der Waals surface area contributed by atoms with Gasteiger partial charge in [-0.1, -0.05) is 34.1 Å². The maximum absolute atomic E-state index is 6.55. The van der Waals surface area contributed by atoms with E-state index < -0.39 is 18.3 Å². The van der Waals surface area contributed by atoms with Crippen molar-refractivity contribution in [1.82, 2.24) is 9.78 Å². The lowest BCUT2D eigenvalue weighted by Crippen LogP contribution is -2.41. The topological polar surface area (TPSA) is 73.2 Å². The summed E-state index contributed by atoms with van der Waals surface area (Å²) in [5, 5.41) is 4.87. The van der Waals surface area contributed by atoms with Gasteiger partial charge in [-0.15, -0.1) is 0 Å². The number of para-hydroxylation sites is 1. The fourth-order valence-corrected chi connectivity index (χ4v) is 5.43. The molecule has 0 bridgehead atoms. The molecule has 0 radical (unpaired) electrons. The Kier molecular flexibility index (Phi) is 7.85. The zero-order valence-corrected chi connectivity index (χ0v) is 26.2. The number of halogens is 1. The highest BCUT2D eigenvalue weighted by Gasteiger charge is 2.52. The van der Waals surface area contributed by atoms with E-state index in [0.29, 0.717) is 23.0 Å². The molecule has 0 N–H and O–H groups in total. The summed E-state index contributed by atoms with van der Waals surface area (Å²) >= 11 is 3.76. The van der Waals surface area contributed by atoms with Crippen molar-refractivity contribution in [3.8, 4) is 51.1 Å².